The van der Waals surface area contributed by atoms with Crippen molar-refractivity contribution in [2.75, 3.05) is 26.3 Å². The van der Waals surface area contributed by atoms with Gasteiger partial charge in [-0.1, -0.05) is 72.1 Å². The number of nitrogens with zero attached hydrogens (tertiary/aromatic N) is 2. The fourth-order valence-electron chi connectivity index (χ4n) is 6.56. The van der Waals surface area contributed by atoms with Gasteiger partial charge in [-0.15, -0.1) is 6.58 Å². The second kappa shape index (κ2) is 12.3. The minimum atomic E-state index is -1.18. The van der Waals surface area contributed by atoms with Crippen LogP contribution in [0.25, 0.3) is 0 Å². The van der Waals surface area contributed by atoms with Crippen LogP contribution in [0.15, 0.2) is 43.0 Å². The first-order chi connectivity index (χ1) is 18.3. The molecule has 1 spiro atoms. The molecule has 0 aliphatic carbocycles. The van der Waals surface area contributed by atoms with E-state index in [1.54, 1.807) is 17.9 Å². The highest BCUT2D eigenvalue weighted by molar-refractivity contribution is 9.09. The molecular weight excluding hydrogens is 552 g/mol. The van der Waals surface area contributed by atoms with Crippen molar-refractivity contribution in [2.24, 2.45) is 11.8 Å². The first kappa shape index (κ1) is 28.8. The smallest absolute Gasteiger partial charge is 0.312 e. The van der Waals surface area contributed by atoms with E-state index in [0.717, 1.165) is 24.8 Å². The third-order valence-corrected chi connectivity index (χ3v) is 8.98. The predicted octanol–water partition coefficient (Wildman–Crippen LogP) is 3.11. The standard InChI is InChI=1S/C29H39BrN2O6/c1-4-7-11-15-31(14-5-2)27(35)25-29-17-21(30)24(38-29)22(28(36)37-6-3)23(29)26(34)32(25)20(18-33)16-19-12-9-8-10-13-19/h5,8-10,12-13,20-25,33H,2,4,6-7,11,14-18H2,1,3H3/t20-,21?,22-,23+,24-,25-,29+/m1/s1. The van der Waals surface area contributed by atoms with E-state index in [0.29, 0.717) is 25.9 Å². The maximum absolute atomic E-state index is 14.4. The van der Waals surface area contributed by atoms with Crippen LogP contribution in [0, 0.1) is 11.8 Å². The van der Waals surface area contributed by atoms with Gasteiger partial charge in [-0.05, 0) is 31.7 Å². The zero-order valence-electron chi connectivity index (χ0n) is 22.3. The van der Waals surface area contributed by atoms with Crippen LogP contribution in [-0.2, 0) is 30.3 Å². The molecule has 0 aromatic heterocycles. The molecule has 2 amide bonds. The lowest BCUT2D eigenvalue weighted by Gasteiger charge is -2.39. The molecule has 38 heavy (non-hydrogen) atoms. The molecule has 1 unspecified atom stereocenters. The van der Waals surface area contributed by atoms with Crippen molar-refractivity contribution in [2.45, 2.75) is 74.6 Å². The van der Waals surface area contributed by atoms with Gasteiger partial charge in [0.2, 0.25) is 11.8 Å². The number of rotatable bonds is 13. The number of carbonyl (C=O) groups is 3. The summed E-state index contributed by atoms with van der Waals surface area (Å²) in [5.74, 6) is -2.70. The zero-order valence-corrected chi connectivity index (χ0v) is 23.8. The van der Waals surface area contributed by atoms with Crippen molar-refractivity contribution in [3.05, 3.63) is 48.6 Å². The number of aliphatic hydroxyl groups is 1. The Hall–Kier alpha value is -2.23. The summed E-state index contributed by atoms with van der Waals surface area (Å²) in [6.45, 7) is 8.41. The van der Waals surface area contributed by atoms with Crippen LogP contribution in [0.1, 0.15) is 45.1 Å². The normalized spacial score (nSPS) is 30.3. The van der Waals surface area contributed by atoms with Crippen molar-refractivity contribution in [3.63, 3.8) is 0 Å². The molecule has 0 radical (unpaired) electrons. The summed E-state index contributed by atoms with van der Waals surface area (Å²) in [6.07, 6.45) is 4.73. The van der Waals surface area contributed by atoms with E-state index in [4.69, 9.17) is 9.47 Å². The minimum absolute atomic E-state index is 0.187. The van der Waals surface area contributed by atoms with E-state index in [1.165, 1.54) is 4.90 Å². The van der Waals surface area contributed by atoms with Crippen molar-refractivity contribution >= 4 is 33.7 Å². The maximum Gasteiger partial charge on any atom is 0.312 e. The van der Waals surface area contributed by atoms with Gasteiger partial charge in [0.1, 0.15) is 11.6 Å². The molecule has 3 heterocycles. The van der Waals surface area contributed by atoms with E-state index in [-0.39, 0.29) is 29.9 Å². The van der Waals surface area contributed by atoms with Gasteiger partial charge in [-0.2, -0.15) is 0 Å². The number of hydrogen-bond acceptors (Lipinski definition) is 6. The molecule has 3 fully saturated rings. The molecule has 2 bridgehead atoms. The van der Waals surface area contributed by atoms with Gasteiger partial charge in [0, 0.05) is 17.9 Å². The lowest BCUT2D eigenvalue weighted by atomic mass is 9.70. The van der Waals surface area contributed by atoms with E-state index >= 15 is 0 Å². The first-order valence-corrected chi connectivity index (χ1v) is 14.6. The molecule has 7 atom stereocenters. The number of benzene rings is 1. The average Bonchev–Trinajstić information content (AvgIpc) is 3.50. The fourth-order valence-corrected chi connectivity index (χ4v) is 7.50. The van der Waals surface area contributed by atoms with Crippen LogP contribution in [0.5, 0.6) is 0 Å². The molecule has 208 valence electrons. The van der Waals surface area contributed by atoms with Gasteiger partial charge < -0.3 is 24.4 Å². The van der Waals surface area contributed by atoms with E-state index < -0.39 is 41.6 Å². The summed E-state index contributed by atoms with van der Waals surface area (Å²) in [7, 11) is 0. The molecule has 8 nitrogen and oxygen atoms in total. The van der Waals surface area contributed by atoms with Gasteiger partial charge in [0.05, 0.1) is 37.2 Å². The molecule has 0 saturated carbocycles. The summed E-state index contributed by atoms with van der Waals surface area (Å²) in [6, 6.07) is 7.97. The fraction of sp³-hybridized carbons (Fsp3) is 0.621. The summed E-state index contributed by atoms with van der Waals surface area (Å²) < 4.78 is 11.9. The van der Waals surface area contributed by atoms with E-state index in [1.807, 2.05) is 30.3 Å². The van der Waals surface area contributed by atoms with E-state index in [2.05, 4.69) is 29.4 Å². The Balaban J connectivity index is 1.77. The summed E-state index contributed by atoms with van der Waals surface area (Å²) in [5, 5.41) is 10.5. The van der Waals surface area contributed by atoms with Gasteiger partial charge >= 0.3 is 5.97 Å². The van der Waals surface area contributed by atoms with Crippen LogP contribution < -0.4 is 0 Å². The Morgan fingerprint density at radius 3 is 2.68 bits per heavy atom. The number of halogens is 1. The number of fused-ring (bicyclic) bond motifs is 1. The van der Waals surface area contributed by atoms with Gasteiger partial charge in [0.25, 0.3) is 0 Å². The molecule has 3 saturated heterocycles. The largest absolute Gasteiger partial charge is 0.466 e. The number of hydrogen-bond donors (Lipinski definition) is 1. The summed E-state index contributed by atoms with van der Waals surface area (Å²) in [5.41, 5.74) is -0.241. The molecular formula is C29H39BrN2O6. The van der Waals surface area contributed by atoms with Crippen molar-refractivity contribution < 1.29 is 29.0 Å². The van der Waals surface area contributed by atoms with Gasteiger partial charge in [0.15, 0.2) is 0 Å². The number of alkyl halides is 1. The molecule has 1 aromatic carbocycles. The van der Waals surface area contributed by atoms with Crippen molar-refractivity contribution in [3.8, 4) is 0 Å². The van der Waals surface area contributed by atoms with E-state index in [9.17, 15) is 19.5 Å². The number of esters is 1. The van der Waals surface area contributed by atoms with Crippen LogP contribution in [0.4, 0.5) is 0 Å². The topological polar surface area (TPSA) is 96.4 Å². The summed E-state index contributed by atoms with van der Waals surface area (Å²) >= 11 is 3.68. The lowest BCUT2D eigenvalue weighted by Crippen LogP contribution is -2.59. The number of aliphatic hydroxyl groups excluding tert-OH is 1. The van der Waals surface area contributed by atoms with Gasteiger partial charge in [-0.25, -0.2) is 0 Å². The number of unbranched alkanes of at least 4 members (excludes halogenated alkanes) is 2. The second-order valence-corrected chi connectivity index (χ2v) is 11.6. The van der Waals surface area contributed by atoms with Crippen molar-refractivity contribution in [1.82, 2.24) is 9.80 Å². The van der Waals surface area contributed by atoms with Gasteiger partial charge in [-0.3, -0.25) is 14.4 Å². The number of carbonyl (C=O) groups excluding carboxylic acids is 3. The predicted molar refractivity (Wildman–Crippen MR) is 147 cm³/mol. The first-order valence-electron chi connectivity index (χ1n) is 13.7. The Morgan fingerprint density at radius 2 is 2.05 bits per heavy atom. The molecule has 1 aromatic rings. The third kappa shape index (κ3) is 5.05. The zero-order chi connectivity index (χ0) is 27.4. The Labute approximate surface area is 233 Å². The molecule has 3 aliphatic heterocycles. The number of ether oxygens (including phenoxy) is 2. The Kier molecular flexibility index (Phi) is 9.31. The average molecular weight is 592 g/mol. The highest BCUT2D eigenvalue weighted by Gasteiger charge is 2.77. The highest BCUT2D eigenvalue weighted by atomic mass is 79.9. The monoisotopic (exact) mass is 590 g/mol. The quantitative estimate of drug-likeness (QED) is 0.164. The summed E-state index contributed by atoms with van der Waals surface area (Å²) in [4.78, 5) is 44.9. The molecule has 4 rings (SSSR count). The minimum Gasteiger partial charge on any atom is -0.466 e. The highest BCUT2D eigenvalue weighted by Crippen LogP contribution is 2.60. The van der Waals surface area contributed by atoms with Crippen LogP contribution >= 0.6 is 15.9 Å². The Morgan fingerprint density at radius 1 is 1.32 bits per heavy atom. The molecule has 3 aliphatic rings. The SMILES string of the molecule is C=CCN(CCCCC)C(=O)[C@H]1N([C@@H](CO)Cc2ccccc2)C(=O)[C@@H]2[C@@H](C(=O)OCC)[C@@H]3O[C@@]21CC3Br. The Bertz CT molecular complexity index is 1020. The third-order valence-electron chi connectivity index (χ3n) is 8.13. The van der Waals surface area contributed by atoms with Crippen LogP contribution in [-0.4, -0.2) is 87.6 Å². The van der Waals surface area contributed by atoms with Crippen LogP contribution in [0.2, 0.25) is 0 Å². The van der Waals surface area contributed by atoms with Crippen LogP contribution in [0.3, 0.4) is 0 Å². The number of amides is 2. The lowest BCUT2D eigenvalue weighted by molar-refractivity contribution is -0.156. The molecule has 1 N–H and O–H groups in total. The second-order valence-electron chi connectivity index (χ2n) is 10.5. The van der Waals surface area contributed by atoms with Crippen molar-refractivity contribution in [1.29, 1.82) is 0 Å². The number of likely N-dealkylation sites (tertiary alicyclic amines) is 1. The molecule has 9 heteroatoms. The maximum atomic E-state index is 14.4.